The number of nitroso groups, excluding NO2 is 1. The molecule has 15 heavy (non-hydrogen) atoms. The van der Waals surface area contributed by atoms with Gasteiger partial charge in [-0.25, -0.2) is 4.98 Å². The zero-order valence-electron chi connectivity index (χ0n) is 9.38. The van der Waals surface area contributed by atoms with Gasteiger partial charge in [-0.15, -0.1) is 0 Å². The zero-order valence-corrected chi connectivity index (χ0v) is 9.38. The second-order valence-corrected chi connectivity index (χ2v) is 4.30. The Bertz CT molecular complexity index is 296. The maximum atomic E-state index is 10.8. The number of methoxy groups -OCH3 is 1. The van der Waals surface area contributed by atoms with Crippen LogP contribution in [0.2, 0.25) is 0 Å². The molecule has 84 valence electrons. The van der Waals surface area contributed by atoms with Crippen LogP contribution < -0.4 is 0 Å². The van der Waals surface area contributed by atoms with Crippen molar-refractivity contribution in [2.75, 3.05) is 13.7 Å². The third kappa shape index (κ3) is 3.13. The molecule has 0 saturated carbocycles. The van der Waals surface area contributed by atoms with E-state index in [1.165, 1.54) is 0 Å². The third-order valence-corrected chi connectivity index (χ3v) is 2.49. The Morgan fingerprint density at radius 1 is 1.60 bits per heavy atom. The van der Waals surface area contributed by atoms with Gasteiger partial charge in [-0.2, -0.15) is 4.91 Å². The van der Waals surface area contributed by atoms with Crippen LogP contribution in [0.4, 0.5) is 0 Å². The number of hydrogen-bond acceptors (Lipinski definition) is 4. The van der Waals surface area contributed by atoms with Crippen LogP contribution in [0, 0.1) is 10.3 Å². The van der Waals surface area contributed by atoms with E-state index in [0.29, 0.717) is 13.2 Å². The van der Waals surface area contributed by atoms with Crippen LogP contribution in [0.3, 0.4) is 0 Å². The summed E-state index contributed by atoms with van der Waals surface area (Å²) in [6.45, 7) is 5.00. The molecule has 0 aliphatic heterocycles. The quantitative estimate of drug-likeness (QED) is 0.673. The maximum Gasteiger partial charge on any atom is 0.117 e. The van der Waals surface area contributed by atoms with Crippen molar-refractivity contribution in [3.63, 3.8) is 0 Å². The second-order valence-electron chi connectivity index (χ2n) is 4.30. The fourth-order valence-corrected chi connectivity index (χ4v) is 1.49. The first-order valence-electron chi connectivity index (χ1n) is 4.87. The molecule has 0 spiro atoms. The van der Waals surface area contributed by atoms with Crippen LogP contribution in [0.25, 0.3) is 0 Å². The maximum absolute atomic E-state index is 10.8. The van der Waals surface area contributed by atoms with E-state index in [9.17, 15) is 4.91 Å². The van der Waals surface area contributed by atoms with Crippen LogP contribution in [0.1, 0.15) is 13.8 Å². The minimum atomic E-state index is -0.313. The van der Waals surface area contributed by atoms with Crippen LogP contribution in [-0.4, -0.2) is 29.3 Å². The van der Waals surface area contributed by atoms with Gasteiger partial charge in [0.15, 0.2) is 0 Å². The summed E-state index contributed by atoms with van der Waals surface area (Å²) >= 11 is 0. The number of rotatable bonds is 6. The molecule has 0 saturated heterocycles. The van der Waals surface area contributed by atoms with Crippen LogP contribution in [0.5, 0.6) is 0 Å². The van der Waals surface area contributed by atoms with Crippen LogP contribution in [-0.2, 0) is 11.3 Å². The van der Waals surface area contributed by atoms with Gasteiger partial charge in [-0.3, -0.25) is 0 Å². The largest absolute Gasteiger partial charge is 0.384 e. The summed E-state index contributed by atoms with van der Waals surface area (Å²) < 4.78 is 6.94. The van der Waals surface area contributed by atoms with Gasteiger partial charge in [-0.05, 0) is 0 Å². The molecule has 0 bridgehead atoms. The lowest BCUT2D eigenvalue weighted by atomic mass is 9.85. The lowest BCUT2D eigenvalue weighted by molar-refractivity contribution is 0.0810. The smallest absolute Gasteiger partial charge is 0.117 e. The SMILES string of the molecule is COCC(C)(C)C(Cn1ccnc1)N=O. The van der Waals surface area contributed by atoms with Crippen molar-refractivity contribution in [2.45, 2.75) is 26.4 Å². The Morgan fingerprint density at radius 3 is 2.80 bits per heavy atom. The molecule has 0 aliphatic carbocycles. The predicted molar refractivity (Wildman–Crippen MR) is 57.5 cm³/mol. The molecule has 0 N–H and O–H groups in total. The number of imidazole rings is 1. The molecule has 0 aliphatic rings. The Balaban J connectivity index is 2.67. The Hall–Kier alpha value is -1.23. The topological polar surface area (TPSA) is 56.5 Å². The first-order valence-corrected chi connectivity index (χ1v) is 4.87. The summed E-state index contributed by atoms with van der Waals surface area (Å²) in [7, 11) is 1.63. The lowest BCUT2D eigenvalue weighted by Gasteiger charge is -2.28. The molecule has 0 radical (unpaired) electrons. The molecule has 1 unspecified atom stereocenters. The monoisotopic (exact) mass is 211 g/mol. The predicted octanol–water partition coefficient (Wildman–Crippen LogP) is 1.69. The molecule has 5 heteroatoms. The molecule has 1 heterocycles. The average molecular weight is 211 g/mol. The van der Waals surface area contributed by atoms with E-state index in [1.54, 1.807) is 19.6 Å². The zero-order chi connectivity index (χ0) is 11.3. The molecule has 0 fully saturated rings. The molecule has 0 aromatic carbocycles. The van der Waals surface area contributed by atoms with Crippen LogP contribution in [0.15, 0.2) is 23.9 Å². The Labute approximate surface area is 89.4 Å². The van der Waals surface area contributed by atoms with E-state index in [-0.39, 0.29) is 11.5 Å². The van der Waals surface area contributed by atoms with Crippen molar-refractivity contribution in [1.82, 2.24) is 9.55 Å². The fraction of sp³-hybridized carbons (Fsp3) is 0.700. The summed E-state index contributed by atoms with van der Waals surface area (Å²) in [4.78, 5) is 14.7. The van der Waals surface area contributed by atoms with Gasteiger partial charge in [-0.1, -0.05) is 19.0 Å². The van der Waals surface area contributed by atoms with E-state index in [1.807, 2.05) is 24.6 Å². The highest BCUT2D eigenvalue weighted by atomic mass is 16.5. The van der Waals surface area contributed by atoms with Crippen molar-refractivity contribution in [3.05, 3.63) is 23.6 Å². The first-order chi connectivity index (χ1) is 7.10. The highest BCUT2D eigenvalue weighted by Crippen LogP contribution is 2.24. The lowest BCUT2D eigenvalue weighted by Crippen LogP contribution is -2.35. The van der Waals surface area contributed by atoms with Crippen molar-refractivity contribution in [2.24, 2.45) is 10.6 Å². The van der Waals surface area contributed by atoms with Crippen molar-refractivity contribution in [3.8, 4) is 0 Å². The van der Waals surface area contributed by atoms with Crippen LogP contribution >= 0.6 is 0 Å². The molecule has 1 aromatic heterocycles. The Kier molecular flexibility index (Phi) is 3.96. The van der Waals surface area contributed by atoms with E-state index in [2.05, 4.69) is 10.2 Å². The molecular weight excluding hydrogens is 194 g/mol. The highest BCUT2D eigenvalue weighted by molar-refractivity contribution is 4.86. The number of hydrogen-bond donors (Lipinski definition) is 0. The van der Waals surface area contributed by atoms with Gasteiger partial charge in [0, 0.05) is 31.5 Å². The van der Waals surface area contributed by atoms with E-state index in [0.717, 1.165) is 0 Å². The average Bonchev–Trinajstić information content (AvgIpc) is 2.66. The van der Waals surface area contributed by atoms with E-state index in [4.69, 9.17) is 4.74 Å². The second kappa shape index (κ2) is 5.02. The molecule has 5 nitrogen and oxygen atoms in total. The van der Waals surface area contributed by atoms with Gasteiger partial charge >= 0.3 is 0 Å². The van der Waals surface area contributed by atoms with E-state index < -0.39 is 0 Å². The minimum absolute atomic E-state index is 0.263. The number of aromatic nitrogens is 2. The minimum Gasteiger partial charge on any atom is -0.384 e. The van der Waals surface area contributed by atoms with Gasteiger partial charge < -0.3 is 9.30 Å². The molecule has 1 atom stereocenters. The highest BCUT2D eigenvalue weighted by Gasteiger charge is 2.31. The van der Waals surface area contributed by atoms with Crippen molar-refractivity contribution < 1.29 is 4.74 Å². The molecule has 1 aromatic rings. The number of nitrogens with zero attached hydrogens (tertiary/aromatic N) is 3. The molecular formula is C10H17N3O2. The first kappa shape index (κ1) is 11.8. The normalized spacial score (nSPS) is 13.8. The van der Waals surface area contributed by atoms with Crippen molar-refractivity contribution >= 4 is 0 Å². The summed E-state index contributed by atoms with van der Waals surface area (Å²) in [5, 5.41) is 3.17. The number of ether oxygens (including phenoxy) is 1. The van der Waals surface area contributed by atoms with Gasteiger partial charge in [0.05, 0.1) is 12.9 Å². The molecule has 1 rings (SSSR count). The Morgan fingerprint density at radius 2 is 2.33 bits per heavy atom. The fourth-order valence-electron chi connectivity index (χ4n) is 1.49. The van der Waals surface area contributed by atoms with Gasteiger partial charge in [0.2, 0.25) is 0 Å². The summed E-state index contributed by atoms with van der Waals surface area (Å²) in [6.07, 6.45) is 5.19. The van der Waals surface area contributed by atoms with Crippen molar-refractivity contribution in [1.29, 1.82) is 0 Å². The summed E-state index contributed by atoms with van der Waals surface area (Å²) in [6, 6.07) is -0.313. The third-order valence-electron chi connectivity index (χ3n) is 2.49. The van der Waals surface area contributed by atoms with E-state index >= 15 is 0 Å². The van der Waals surface area contributed by atoms with Gasteiger partial charge in [0.25, 0.3) is 0 Å². The summed E-state index contributed by atoms with van der Waals surface area (Å²) in [5.41, 5.74) is -0.263. The molecule has 0 amide bonds. The van der Waals surface area contributed by atoms with Gasteiger partial charge in [0.1, 0.15) is 6.04 Å². The standard InChI is InChI=1S/C10H17N3O2/c1-10(2,7-15-3)9(12-14)6-13-5-4-11-8-13/h4-5,8-9H,6-7H2,1-3H3. The summed E-state index contributed by atoms with van der Waals surface area (Å²) in [5.74, 6) is 0.